The fourth-order valence-electron chi connectivity index (χ4n) is 1.98. The molecule has 1 aliphatic rings. The molecule has 1 aromatic heterocycles. The van der Waals surface area contributed by atoms with Gasteiger partial charge in [-0.3, -0.25) is 0 Å². The largest absolute Gasteiger partial charge is 0.394 e. The second-order valence-electron chi connectivity index (χ2n) is 4.43. The summed E-state index contributed by atoms with van der Waals surface area (Å²) in [4.78, 5) is 7.99. The van der Waals surface area contributed by atoms with Crippen LogP contribution in [0.4, 0.5) is 11.5 Å². The minimum Gasteiger partial charge on any atom is -0.394 e. The number of hydrogen-bond donors (Lipinski definition) is 2. The van der Waals surface area contributed by atoms with E-state index >= 15 is 0 Å². The molecule has 0 unspecified atom stereocenters. The molecule has 0 aromatic carbocycles. The SMILES string of the molecule is CCCC1(CNc2ncncc2N)CC1. The van der Waals surface area contributed by atoms with E-state index in [1.165, 1.54) is 32.0 Å². The van der Waals surface area contributed by atoms with E-state index in [0.29, 0.717) is 11.1 Å². The van der Waals surface area contributed by atoms with Crippen molar-refractivity contribution in [1.29, 1.82) is 0 Å². The third-order valence-corrected chi connectivity index (χ3v) is 3.11. The molecule has 3 N–H and O–H groups in total. The number of aromatic nitrogens is 2. The summed E-state index contributed by atoms with van der Waals surface area (Å²) in [5.41, 5.74) is 6.91. The molecule has 0 atom stereocenters. The summed E-state index contributed by atoms with van der Waals surface area (Å²) >= 11 is 0. The smallest absolute Gasteiger partial charge is 0.152 e. The minimum absolute atomic E-state index is 0.520. The highest BCUT2D eigenvalue weighted by atomic mass is 15.0. The monoisotopic (exact) mass is 206 g/mol. The molecule has 0 radical (unpaired) electrons. The van der Waals surface area contributed by atoms with Crippen molar-refractivity contribution in [3.8, 4) is 0 Å². The Morgan fingerprint density at radius 2 is 2.33 bits per heavy atom. The number of nitrogens with one attached hydrogen (secondary N) is 1. The van der Waals surface area contributed by atoms with E-state index in [0.717, 1.165) is 12.4 Å². The summed E-state index contributed by atoms with van der Waals surface area (Å²) in [6.45, 7) is 3.22. The third kappa shape index (κ3) is 2.37. The molecule has 0 bridgehead atoms. The van der Waals surface area contributed by atoms with Crippen LogP contribution in [0, 0.1) is 5.41 Å². The summed E-state index contributed by atoms with van der Waals surface area (Å²) in [5, 5.41) is 3.32. The van der Waals surface area contributed by atoms with E-state index in [1.807, 2.05) is 0 Å². The Hall–Kier alpha value is -1.32. The highest BCUT2D eigenvalue weighted by Crippen LogP contribution is 2.49. The van der Waals surface area contributed by atoms with Gasteiger partial charge in [-0.15, -0.1) is 0 Å². The lowest BCUT2D eigenvalue weighted by Gasteiger charge is -2.15. The highest BCUT2D eigenvalue weighted by Gasteiger charge is 2.41. The zero-order chi connectivity index (χ0) is 10.7. The Bertz CT molecular complexity index is 333. The van der Waals surface area contributed by atoms with Crippen LogP contribution in [0.3, 0.4) is 0 Å². The number of nitrogens with zero attached hydrogens (tertiary/aromatic N) is 2. The van der Waals surface area contributed by atoms with Crippen molar-refractivity contribution < 1.29 is 0 Å². The Morgan fingerprint density at radius 3 is 2.93 bits per heavy atom. The molecular formula is C11H18N4. The van der Waals surface area contributed by atoms with Crippen molar-refractivity contribution in [2.24, 2.45) is 5.41 Å². The van der Waals surface area contributed by atoms with E-state index in [9.17, 15) is 0 Å². The molecule has 2 rings (SSSR count). The van der Waals surface area contributed by atoms with Gasteiger partial charge in [0.05, 0.1) is 11.9 Å². The van der Waals surface area contributed by atoms with Crippen molar-refractivity contribution in [3.05, 3.63) is 12.5 Å². The van der Waals surface area contributed by atoms with E-state index < -0.39 is 0 Å². The Labute approximate surface area is 90.3 Å². The molecule has 15 heavy (non-hydrogen) atoms. The van der Waals surface area contributed by atoms with Crippen LogP contribution >= 0.6 is 0 Å². The predicted molar refractivity (Wildman–Crippen MR) is 61.5 cm³/mol. The number of rotatable bonds is 5. The van der Waals surface area contributed by atoms with Crippen LogP contribution in [0.25, 0.3) is 0 Å². The van der Waals surface area contributed by atoms with Gasteiger partial charge in [-0.25, -0.2) is 9.97 Å². The van der Waals surface area contributed by atoms with Gasteiger partial charge in [-0.05, 0) is 24.7 Å². The number of hydrogen-bond acceptors (Lipinski definition) is 4. The predicted octanol–water partition coefficient (Wildman–Crippen LogP) is 2.05. The second kappa shape index (κ2) is 4.04. The lowest BCUT2D eigenvalue weighted by molar-refractivity contribution is 0.485. The topological polar surface area (TPSA) is 63.8 Å². The van der Waals surface area contributed by atoms with Gasteiger partial charge in [0.25, 0.3) is 0 Å². The van der Waals surface area contributed by atoms with Gasteiger partial charge in [0, 0.05) is 6.54 Å². The van der Waals surface area contributed by atoms with E-state index in [1.54, 1.807) is 6.20 Å². The van der Waals surface area contributed by atoms with Gasteiger partial charge in [0.2, 0.25) is 0 Å². The number of nitrogen functional groups attached to an aromatic ring is 1. The average molecular weight is 206 g/mol. The maximum absolute atomic E-state index is 5.76. The summed E-state index contributed by atoms with van der Waals surface area (Å²) in [5.74, 6) is 0.771. The van der Waals surface area contributed by atoms with Crippen molar-refractivity contribution in [2.45, 2.75) is 32.6 Å². The van der Waals surface area contributed by atoms with Crippen molar-refractivity contribution >= 4 is 11.5 Å². The molecule has 0 saturated heterocycles. The quantitative estimate of drug-likeness (QED) is 0.774. The van der Waals surface area contributed by atoms with Crippen molar-refractivity contribution in [1.82, 2.24) is 9.97 Å². The molecule has 1 aliphatic carbocycles. The van der Waals surface area contributed by atoms with Gasteiger partial charge in [-0.1, -0.05) is 13.3 Å². The summed E-state index contributed by atoms with van der Waals surface area (Å²) in [6.07, 6.45) is 8.37. The summed E-state index contributed by atoms with van der Waals surface area (Å²) in [7, 11) is 0. The van der Waals surface area contributed by atoms with Gasteiger partial charge >= 0.3 is 0 Å². The zero-order valence-corrected chi connectivity index (χ0v) is 9.16. The Morgan fingerprint density at radius 1 is 1.53 bits per heavy atom. The van der Waals surface area contributed by atoms with Gasteiger partial charge in [0.15, 0.2) is 5.82 Å². The molecule has 1 saturated carbocycles. The Kier molecular flexibility index (Phi) is 2.75. The number of nitrogens with two attached hydrogens (primary N) is 1. The lowest BCUT2D eigenvalue weighted by Crippen LogP contribution is -2.16. The first-order valence-electron chi connectivity index (χ1n) is 5.55. The molecule has 4 heteroatoms. The van der Waals surface area contributed by atoms with Crippen molar-refractivity contribution in [2.75, 3.05) is 17.6 Å². The molecule has 82 valence electrons. The minimum atomic E-state index is 0.520. The maximum atomic E-state index is 5.76. The summed E-state index contributed by atoms with van der Waals surface area (Å²) < 4.78 is 0. The van der Waals surface area contributed by atoms with Crippen molar-refractivity contribution in [3.63, 3.8) is 0 Å². The molecule has 4 nitrogen and oxygen atoms in total. The van der Waals surface area contributed by atoms with E-state index in [-0.39, 0.29) is 0 Å². The van der Waals surface area contributed by atoms with Crippen LogP contribution in [-0.4, -0.2) is 16.5 Å². The fraction of sp³-hybridized carbons (Fsp3) is 0.636. The Balaban J connectivity index is 1.91. The summed E-state index contributed by atoms with van der Waals surface area (Å²) in [6, 6.07) is 0. The van der Waals surface area contributed by atoms with Crippen LogP contribution < -0.4 is 11.1 Å². The first-order valence-corrected chi connectivity index (χ1v) is 5.55. The molecule has 0 amide bonds. The zero-order valence-electron chi connectivity index (χ0n) is 9.16. The van der Waals surface area contributed by atoms with Gasteiger partial charge in [0.1, 0.15) is 6.33 Å². The highest BCUT2D eigenvalue weighted by molar-refractivity contribution is 5.59. The molecule has 0 spiro atoms. The van der Waals surface area contributed by atoms with Gasteiger partial charge in [-0.2, -0.15) is 0 Å². The van der Waals surface area contributed by atoms with Crippen LogP contribution in [0.15, 0.2) is 12.5 Å². The second-order valence-corrected chi connectivity index (χ2v) is 4.43. The molecule has 1 heterocycles. The van der Waals surface area contributed by atoms with Crippen LogP contribution in [-0.2, 0) is 0 Å². The molecular weight excluding hydrogens is 188 g/mol. The van der Waals surface area contributed by atoms with E-state index in [4.69, 9.17) is 5.73 Å². The lowest BCUT2D eigenvalue weighted by atomic mass is 10.0. The van der Waals surface area contributed by atoms with Crippen LogP contribution in [0.2, 0.25) is 0 Å². The molecule has 0 aliphatic heterocycles. The van der Waals surface area contributed by atoms with Crippen LogP contribution in [0.5, 0.6) is 0 Å². The first kappa shape index (κ1) is 10.2. The fourth-order valence-corrected chi connectivity index (χ4v) is 1.98. The third-order valence-electron chi connectivity index (χ3n) is 3.11. The number of anilines is 2. The molecule has 1 aromatic rings. The standard InChI is InChI=1S/C11H18N4/c1-2-3-11(4-5-11)7-14-10-9(12)6-13-8-15-10/h6,8H,2-5,7,12H2,1H3,(H,13,14,15). The van der Waals surface area contributed by atoms with Gasteiger partial charge < -0.3 is 11.1 Å². The first-order chi connectivity index (χ1) is 7.26. The average Bonchev–Trinajstić information content (AvgIpc) is 2.98. The van der Waals surface area contributed by atoms with E-state index in [2.05, 4.69) is 22.2 Å². The normalized spacial score (nSPS) is 17.4. The van der Waals surface area contributed by atoms with Crippen LogP contribution in [0.1, 0.15) is 32.6 Å². The maximum Gasteiger partial charge on any atom is 0.152 e. The molecule has 1 fully saturated rings.